The number of carbonyl (C=O) groups is 2. The van der Waals surface area contributed by atoms with E-state index in [-0.39, 0.29) is 24.1 Å². The first-order valence-corrected chi connectivity index (χ1v) is 8.74. The predicted molar refractivity (Wildman–Crippen MR) is 76.9 cm³/mol. The number of sulfone groups is 1. The van der Waals surface area contributed by atoms with Crippen LogP contribution in [0.2, 0.25) is 0 Å². The summed E-state index contributed by atoms with van der Waals surface area (Å²) in [4.78, 5) is 25.5. The van der Waals surface area contributed by atoms with Crippen LogP contribution < -0.4 is 5.32 Å². The molecule has 0 aromatic heterocycles. The molecule has 6 nitrogen and oxygen atoms in total. The van der Waals surface area contributed by atoms with Gasteiger partial charge in [0.25, 0.3) is 0 Å². The summed E-state index contributed by atoms with van der Waals surface area (Å²) in [5.41, 5.74) is 0. The van der Waals surface area contributed by atoms with E-state index >= 15 is 0 Å². The molecule has 0 radical (unpaired) electrons. The standard InChI is InChI=1S/C13H24N2O4S/c1-5-6-11-13(17)15(10(4)12(16)14-11)7-8-20(18,19)9(2)3/h9-11H,5-8H2,1-4H3,(H,14,16). The first-order chi connectivity index (χ1) is 9.20. The highest BCUT2D eigenvalue weighted by atomic mass is 32.2. The second-order valence-corrected chi connectivity index (χ2v) is 8.15. The number of piperazine rings is 1. The van der Waals surface area contributed by atoms with Crippen LogP contribution in [0.3, 0.4) is 0 Å². The first-order valence-electron chi connectivity index (χ1n) is 7.03. The van der Waals surface area contributed by atoms with Gasteiger partial charge in [-0.25, -0.2) is 8.42 Å². The van der Waals surface area contributed by atoms with Gasteiger partial charge in [0.1, 0.15) is 12.1 Å². The van der Waals surface area contributed by atoms with Crippen LogP contribution in [-0.2, 0) is 19.4 Å². The molecule has 2 unspecified atom stereocenters. The minimum atomic E-state index is -3.22. The van der Waals surface area contributed by atoms with Gasteiger partial charge in [0.15, 0.2) is 9.84 Å². The third-order valence-electron chi connectivity index (χ3n) is 3.66. The third kappa shape index (κ3) is 3.71. The van der Waals surface area contributed by atoms with Crippen LogP contribution in [0.5, 0.6) is 0 Å². The van der Waals surface area contributed by atoms with Crippen molar-refractivity contribution in [1.29, 1.82) is 0 Å². The molecular weight excluding hydrogens is 280 g/mol. The van der Waals surface area contributed by atoms with E-state index in [0.717, 1.165) is 6.42 Å². The highest BCUT2D eigenvalue weighted by molar-refractivity contribution is 7.92. The number of hydrogen-bond donors (Lipinski definition) is 1. The zero-order chi connectivity index (χ0) is 15.5. The fourth-order valence-corrected chi connectivity index (χ4v) is 3.06. The van der Waals surface area contributed by atoms with Crippen molar-refractivity contribution < 1.29 is 18.0 Å². The van der Waals surface area contributed by atoms with Crippen molar-refractivity contribution in [1.82, 2.24) is 10.2 Å². The molecule has 0 spiro atoms. The van der Waals surface area contributed by atoms with Crippen molar-refractivity contribution in [3.63, 3.8) is 0 Å². The van der Waals surface area contributed by atoms with E-state index in [1.54, 1.807) is 20.8 Å². The molecule has 0 aliphatic carbocycles. The molecule has 0 bridgehead atoms. The number of amides is 2. The van der Waals surface area contributed by atoms with Gasteiger partial charge in [-0.15, -0.1) is 0 Å². The largest absolute Gasteiger partial charge is 0.343 e. The zero-order valence-electron chi connectivity index (χ0n) is 12.5. The third-order valence-corrected chi connectivity index (χ3v) is 5.84. The lowest BCUT2D eigenvalue weighted by molar-refractivity contribution is -0.148. The molecule has 1 N–H and O–H groups in total. The fraction of sp³-hybridized carbons (Fsp3) is 0.846. The van der Waals surface area contributed by atoms with Crippen LogP contribution in [0, 0.1) is 0 Å². The van der Waals surface area contributed by atoms with E-state index in [9.17, 15) is 18.0 Å². The predicted octanol–water partition coefficient (Wildman–Crippen LogP) is 0.325. The van der Waals surface area contributed by atoms with Gasteiger partial charge in [0, 0.05) is 6.54 Å². The summed E-state index contributed by atoms with van der Waals surface area (Å²) in [5, 5.41) is 2.21. The van der Waals surface area contributed by atoms with Crippen LogP contribution in [0.25, 0.3) is 0 Å². The summed E-state index contributed by atoms with van der Waals surface area (Å²) < 4.78 is 23.7. The van der Waals surface area contributed by atoms with Gasteiger partial charge in [0.2, 0.25) is 11.8 Å². The average Bonchev–Trinajstić information content (AvgIpc) is 2.36. The lowest BCUT2D eigenvalue weighted by Crippen LogP contribution is -2.63. The molecule has 0 aromatic carbocycles. The molecule has 116 valence electrons. The lowest BCUT2D eigenvalue weighted by Gasteiger charge is -2.37. The van der Waals surface area contributed by atoms with Gasteiger partial charge in [0.05, 0.1) is 11.0 Å². The molecule has 1 fully saturated rings. The SMILES string of the molecule is CCCC1NC(=O)C(C)N(CCS(=O)(=O)C(C)C)C1=O. The molecule has 0 saturated carbocycles. The average molecular weight is 304 g/mol. The monoisotopic (exact) mass is 304 g/mol. The second-order valence-electron chi connectivity index (χ2n) is 5.47. The Balaban J connectivity index is 2.80. The van der Waals surface area contributed by atoms with Gasteiger partial charge in [-0.3, -0.25) is 9.59 Å². The van der Waals surface area contributed by atoms with Crippen LogP contribution >= 0.6 is 0 Å². The Kier molecular flexibility index (Phi) is 5.56. The van der Waals surface area contributed by atoms with Gasteiger partial charge in [-0.2, -0.15) is 0 Å². The summed E-state index contributed by atoms with van der Waals surface area (Å²) in [5.74, 6) is -0.504. The zero-order valence-corrected chi connectivity index (χ0v) is 13.4. The molecule has 20 heavy (non-hydrogen) atoms. The van der Waals surface area contributed by atoms with E-state index in [4.69, 9.17) is 0 Å². The van der Waals surface area contributed by atoms with Gasteiger partial charge >= 0.3 is 0 Å². The maximum atomic E-state index is 12.3. The minimum absolute atomic E-state index is 0.0775. The summed E-state index contributed by atoms with van der Waals surface area (Å²) in [6.07, 6.45) is 1.36. The van der Waals surface area contributed by atoms with Crippen molar-refractivity contribution >= 4 is 21.7 Å². The van der Waals surface area contributed by atoms with E-state index in [0.29, 0.717) is 6.42 Å². The van der Waals surface area contributed by atoms with E-state index < -0.39 is 27.2 Å². The smallest absolute Gasteiger partial charge is 0.245 e. The van der Waals surface area contributed by atoms with E-state index in [1.165, 1.54) is 4.90 Å². The van der Waals surface area contributed by atoms with E-state index in [2.05, 4.69) is 5.32 Å². The Morgan fingerprint density at radius 1 is 1.30 bits per heavy atom. The molecule has 2 atom stereocenters. The summed E-state index contributed by atoms with van der Waals surface area (Å²) in [7, 11) is -3.22. The Labute approximate surface area is 120 Å². The van der Waals surface area contributed by atoms with Crippen LogP contribution in [0.4, 0.5) is 0 Å². The van der Waals surface area contributed by atoms with Crippen molar-refractivity contribution in [2.45, 2.75) is 57.9 Å². The number of carbonyl (C=O) groups excluding carboxylic acids is 2. The van der Waals surface area contributed by atoms with E-state index in [1.807, 2.05) is 6.92 Å². The van der Waals surface area contributed by atoms with Crippen LogP contribution in [0.15, 0.2) is 0 Å². The Morgan fingerprint density at radius 2 is 1.90 bits per heavy atom. The molecule has 2 amide bonds. The Morgan fingerprint density at radius 3 is 2.40 bits per heavy atom. The fourth-order valence-electron chi connectivity index (χ4n) is 2.14. The van der Waals surface area contributed by atoms with Crippen molar-refractivity contribution in [3.05, 3.63) is 0 Å². The van der Waals surface area contributed by atoms with Gasteiger partial charge in [-0.05, 0) is 27.2 Å². The molecular formula is C13H24N2O4S. The molecule has 1 rings (SSSR count). The second kappa shape index (κ2) is 6.56. The molecule has 0 aromatic rings. The summed E-state index contributed by atoms with van der Waals surface area (Å²) in [6.45, 7) is 6.86. The Bertz CT molecular complexity index is 473. The van der Waals surface area contributed by atoms with Crippen LogP contribution in [-0.4, -0.2) is 54.8 Å². The number of hydrogen-bond acceptors (Lipinski definition) is 4. The summed E-state index contributed by atoms with van der Waals surface area (Å²) in [6, 6.07) is -1.14. The quantitative estimate of drug-likeness (QED) is 0.766. The number of nitrogens with zero attached hydrogens (tertiary/aromatic N) is 1. The van der Waals surface area contributed by atoms with Crippen molar-refractivity contribution in [3.8, 4) is 0 Å². The molecule has 1 saturated heterocycles. The number of rotatable bonds is 6. The maximum Gasteiger partial charge on any atom is 0.245 e. The normalized spacial score (nSPS) is 24.1. The molecule has 1 aliphatic heterocycles. The van der Waals surface area contributed by atoms with Crippen LogP contribution in [0.1, 0.15) is 40.5 Å². The highest BCUT2D eigenvalue weighted by Crippen LogP contribution is 2.14. The minimum Gasteiger partial charge on any atom is -0.343 e. The maximum absolute atomic E-state index is 12.3. The lowest BCUT2D eigenvalue weighted by atomic mass is 10.0. The molecule has 1 heterocycles. The molecule has 1 aliphatic rings. The van der Waals surface area contributed by atoms with Gasteiger partial charge in [-0.1, -0.05) is 13.3 Å². The molecule has 7 heteroatoms. The van der Waals surface area contributed by atoms with Crippen molar-refractivity contribution in [2.24, 2.45) is 0 Å². The summed E-state index contributed by atoms with van der Waals surface area (Å²) >= 11 is 0. The van der Waals surface area contributed by atoms with Gasteiger partial charge < -0.3 is 10.2 Å². The van der Waals surface area contributed by atoms with Crippen molar-refractivity contribution in [2.75, 3.05) is 12.3 Å². The number of nitrogens with one attached hydrogen (secondary N) is 1. The highest BCUT2D eigenvalue weighted by Gasteiger charge is 2.37. The topological polar surface area (TPSA) is 83.6 Å². The Hall–Kier alpha value is -1.11. The first kappa shape index (κ1) is 16.9.